The molecule has 0 bridgehead atoms. The molecule has 0 spiro atoms. The van der Waals surface area contributed by atoms with Crippen molar-refractivity contribution in [3.05, 3.63) is 96.3 Å². The molecule has 36 heavy (non-hydrogen) atoms. The van der Waals surface area contributed by atoms with E-state index in [0.29, 0.717) is 5.75 Å². The number of para-hydroxylation sites is 1. The zero-order valence-electron chi connectivity index (χ0n) is 20.7. The quantitative estimate of drug-likeness (QED) is 0.191. The fraction of sp³-hybridized carbons (Fsp3) is 0.129. The number of nitrogens with one attached hydrogen (secondary N) is 1. The molecule has 4 nitrogen and oxygen atoms in total. The van der Waals surface area contributed by atoms with Crippen LogP contribution in [0.5, 0.6) is 5.75 Å². The van der Waals surface area contributed by atoms with Crippen LogP contribution in [-0.2, 0) is 4.79 Å². The molecule has 5 rings (SSSR count). The number of methoxy groups -OCH3 is 1. The van der Waals surface area contributed by atoms with Crippen molar-refractivity contribution in [1.82, 2.24) is 0 Å². The number of allylic oxidation sites excluding steroid dienone is 1. The fourth-order valence-corrected chi connectivity index (χ4v) is 5.29. The van der Waals surface area contributed by atoms with Gasteiger partial charge in [0.15, 0.2) is 0 Å². The molecular formula is C31H27NO3S. The van der Waals surface area contributed by atoms with E-state index >= 15 is 0 Å². The van der Waals surface area contributed by atoms with Gasteiger partial charge in [-0.2, -0.15) is 0 Å². The minimum Gasteiger partial charge on any atom is -0.496 e. The third kappa shape index (κ3) is 4.27. The van der Waals surface area contributed by atoms with Crippen molar-refractivity contribution in [3.63, 3.8) is 0 Å². The van der Waals surface area contributed by atoms with Crippen LogP contribution >= 0.6 is 11.8 Å². The average molecular weight is 494 g/mol. The molecule has 1 N–H and O–H groups in total. The minimum atomic E-state index is -0.185. The molecular weight excluding hydrogens is 466 g/mol. The summed E-state index contributed by atoms with van der Waals surface area (Å²) in [6, 6.07) is 24.5. The van der Waals surface area contributed by atoms with E-state index in [1.54, 1.807) is 24.9 Å². The van der Waals surface area contributed by atoms with Gasteiger partial charge in [0, 0.05) is 33.0 Å². The molecule has 0 atom stereocenters. The van der Waals surface area contributed by atoms with E-state index < -0.39 is 0 Å². The maximum Gasteiger partial charge on any atom is 0.248 e. The molecule has 0 saturated heterocycles. The van der Waals surface area contributed by atoms with E-state index in [4.69, 9.17) is 9.15 Å². The second-order valence-electron chi connectivity index (χ2n) is 8.65. The van der Waals surface area contributed by atoms with Gasteiger partial charge in [0.05, 0.1) is 19.1 Å². The first-order chi connectivity index (χ1) is 17.5. The maximum absolute atomic E-state index is 12.9. The molecule has 1 heterocycles. The normalized spacial score (nSPS) is 11.7. The van der Waals surface area contributed by atoms with Gasteiger partial charge in [-0.3, -0.25) is 4.79 Å². The van der Waals surface area contributed by atoms with E-state index in [2.05, 4.69) is 47.8 Å². The number of fused-ring (bicyclic) bond motifs is 2. The molecule has 5 aromatic rings. The average Bonchev–Trinajstić information content (AvgIpc) is 3.32. The van der Waals surface area contributed by atoms with Crippen LogP contribution in [0.25, 0.3) is 38.4 Å². The van der Waals surface area contributed by atoms with Gasteiger partial charge in [-0.25, -0.2) is 0 Å². The molecule has 180 valence electrons. The summed E-state index contributed by atoms with van der Waals surface area (Å²) in [6.45, 7) is 3.92. The van der Waals surface area contributed by atoms with Gasteiger partial charge in [0.25, 0.3) is 0 Å². The number of rotatable bonds is 6. The van der Waals surface area contributed by atoms with Gasteiger partial charge in [-0.05, 0) is 60.2 Å². The van der Waals surface area contributed by atoms with Crippen molar-refractivity contribution in [2.45, 2.75) is 18.7 Å². The number of hydrogen-bond donors (Lipinski definition) is 1. The monoisotopic (exact) mass is 493 g/mol. The van der Waals surface area contributed by atoms with Gasteiger partial charge in [-0.15, -0.1) is 11.8 Å². The number of ether oxygens (including phenoxy) is 1. The highest BCUT2D eigenvalue weighted by Crippen LogP contribution is 2.42. The van der Waals surface area contributed by atoms with Gasteiger partial charge >= 0.3 is 0 Å². The summed E-state index contributed by atoms with van der Waals surface area (Å²) < 4.78 is 11.9. The molecule has 0 fully saturated rings. The van der Waals surface area contributed by atoms with E-state index in [9.17, 15) is 4.79 Å². The first-order valence-electron chi connectivity index (χ1n) is 11.7. The highest BCUT2D eigenvalue weighted by atomic mass is 32.2. The molecule has 5 heteroatoms. The first kappa shape index (κ1) is 23.8. The zero-order valence-corrected chi connectivity index (χ0v) is 21.5. The molecule has 4 aromatic carbocycles. The Morgan fingerprint density at radius 3 is 2.53 bits per heavy atom. The van der Waals surface area contributed by atoms with Crippen molar-refractivity contribution < 1.29 is 13.9 Å². The van der Waals surface area contributed by atoms with Crippen LogP contribution in [0.15, 0.2) is 94.4 Å². The number of amides is 1. The summed E-state index contributed by atoms with van der Waals surface area (Å²) in [5.74, 6) is 0.516. The smallest absolute Gasteiger partial charge is 0.248 e. The van der Waals surface area contributed by atoms with Crippen LogP contribution < -0.4 is 10.1 Å². The molecule has 0 aliphatic heterocycles. The van der Waals surface area contributed by atoms with Crippen LogP contribution in [-0.4, -0.2) is 19.3 Å². The molecule has 0 saturated carbocycles. The lowest BCUT2D eigenvalue weighted by molar-refractivity contribution is -0.111. The van der Waals surface area contributed by atoms with E-state index in [0.717, 1.165) is 54.8 Å². The van der Waals surface area contributed by atoms with E-state index in [1.807, 2.05) is 56.7 Å². The Hall–Kier alpha value is -3.96. The predicted octanol–water partition coefficient (Wildman–Crippen LogP) is 8.33. The van der Waals surface area contributed by atoms with E-state index in [-0.39, 0.29) is 5.91 Å². The number of hydrogen-bond acceptors (Lipinski definition) is 4. The van der Waals surface area contributed by atoms with Crippen LogP contribution in [0.2, 0.25) is 0 Å². The lowest BCUT2D eigenvalue weighted by Gasteiger charge is -2.14. The van der Waals surface area contributed by atoms with Gasteiger partial charge in [0.2, 0.25) is 5.91 Å². The highest BCUT2D eigenvalue weighted by Gasteiger charge is 2.19. The minimum absolute atomic E-state index is 0.185. The summed E-state index contributed by atoms with van der Waals surface area (Å²) in [5, 5.41) is 6.33. The molecule has 0 unspecified atom stereocenters. The van der Waals surface area contributed by atoms with E-state index in [1.165, 1.54) is 5.39 Å². The third-order valence-electron chi connectivity index (χ3n) is 6.47. The van der Waals surface area contributed by atoms with Crippen molar-refractivity contribution >= 4 is 50.7 Å². The molecule has 0 aliphatic carbocycles. The number of benzene rings is 4. The third-order valence-corrected chi connectivity index (χ3v) is 7.26. The first-order valence-corrected chi connectivity index (χ1v) is 12.9. The second-order valence-corrected chi connectivity index (χ2v) is 9.50. The number of thioether (sulfide) groups is 1. The summed E-state index contributed by atoms with van der Waals surface area (Å²) in [7, 11) is 1.65. The standard InChI is InChI=1S/C31H27NO3S/c1-19(16-29(33)32-27-14-7-8-15-28(27)36-4)24-17-25-26(18-35-31(25)20(2)30(24)34-3)23-13-9-11-21-10-5-6-12-22(21)23/h5-18H,1-4H3,(H,32,33)/b19-16+. The Morgan fingerprint density at radius 2 is 1.72 bits per heavy atom. The lowest BCUT2D eigenvalue weighted by atomic mass is 9.94. The summed E-state index contributed by atoms with van der Waals surface area (Å²) in [6.07, 6.45) is 5.43. The second kappa shape index (κ2) is 9.96. The molecule has 0 radical (unpaired) electrons. The van der Waals surface area contributed by atoms with Crippen molar-refractivity contribution in [2.75, 3.05) is 18.7 Å². The van der Waals surface area contributed by atoms with Crippen molar-refractivity contribution in [3.8, 4) is 16.9 Å². The summed E-state index contributed by atoms with van der Waals surface area (Å²) in [4.78, 5) is 14.0. The van der Waals surface area contributed by atoms with Crippen LogP contribution in [0.1, 0.15) is 18.1 Å². The van der Waals surface area contributed by atoms with Gasteiger partial charge in [0.1, 0.15) is 11.3 Å². The molecule has 0 aliphatic rings. The Morgan fingerprint density at radius 1 is 0.972 bits per heavy atom. The number of carbonyl (C=O) groups is 1. The Bertz CT molecular complexity index is 1630. The van der Waals surface area contributed by atoms with Crippen molar-refractivity contribution in [2.24, 2.45) is 0 Å². The molecule has 1 aromatic heterocycles. The molecule has 1 amide bonds. The number of furan rings is 1. The highest BCUT2D eigenvalue weighted by molar-refractivity contribution is 7.98. The topological polar surface area (TPSA) is 51.5 Å². The largest absolute Gasteiger partial charge is 0.496 e. The fourth-order valence-electron chi connectivity index (χ4n) is 4.73. The zero-order chi connectivity index (χ0) is 25.2. The van der Waals surface area contributed by atoms with Crippen LogP contribution in [0.4, 0.5) is 5.69 Å². The van der Waals surface area contributed by atoms with Crippen LogP contribution in [0, 0.1) is 6.92 Å². The lowest BCUT2D eigenvalue weighted by Crippen LogP contribution is -2.09. The Balaban J connectivity index is 1.61. The van der Waals surface area contributed by atoms with Crippen LogP contribution in [0.3, 0.4) is 0 Å². The predicted molar refractivity (Wildman–Crippen MR) is 151 cm³/mol. The number of aryl methyl sites for hydroxylation is 1. The Kier molecular flexibility index (Phi) is 6.57. The van der Waals surface area contributed by atoms with Gasteiger partial charge in [-0.1, -0.05) is 54.6 Å². The summed E-state index contributed by atoms with van der Waals surface area (Å²) in [5.41, 5.74) is 6.27. The van der Waals surface area contributed by atoms with Gasteiger partial charge < -0.3 is 14.5 Å². The summed E-state index contributed by atoms with van der Waals surface area (Å²) >= 11 is 1.60. The SMILES string of the molecule is COc1c(/C(C)=C/C(=O)Nc2ccccc2SC)cc2c(-c3cccc4ccccc34)coc2c1C. The maximum atomic E-state index is 12.9. The van der Waals surface area contributed by atoms with Crippen molar-refractivity contribution in [1.29, 1.82) is 0 Å². The number of carbonyl (C=O) groups excluding carboxylic acids is 1. The number of anilines is 1. The Labute approximate surface area is 215 Å².